The Morgan fingerprint density at radius 2 is 1.88 bits per heavy atom. The highest BCUT2D eigenvalue weighted by molar-refractivity contribution is 5.78. The van der Waals surface area contributed by atoms with Gasteiger partial charge in [-0.3, -0.25) is 4.79 Å². The zero-order valence-corrected chi connectivity index (χ0v) is 10.4. The smallest absolute Gasteiger partial charge is 0.312 e. The van der Waals surface area contributed by atoms with Crippen LogP contribution in [0.3, 0.4) is 0 Å². The van der Waals surface area contributed by atoms with Gasteiger partial charge in [0.2, 0.25) is 5.91 Å². The molecular formula is C11H23N3O2. The number of primary amides is 1. The molecule has 0 radical (unpaired) electrons. The Labute approximate surface area is 97.2 Å². The first-order valence-corrected chi connectivity index (χ1v) is 5.74. The van der Waals surface area contributed by atoms with Crippen LogP contribution < -0.4 is 16.4 Å². The molecule has 3 amide bonds. The summed E-state index contributed by atoms with van der Waals surface area (Å²) in [5.74, 6) is 0.487. The molecule has 0 aromatic carbocycles. The van der Waals surface area contributed by atoms with Gasteiger partial charge in [0.25, 0.3) is 0 Å². The zero-order chi connectivity index (χ0) is 12.6. The molecule has 0 aliphatic heterocycles. The molecule has 1 atom stereocenters. The first-order chi connectivity index (χ1) is 7.49. The van der Waals surface area contributed by atoms with Crippen molar-refractivity contribution >= 4 is 11.9 Å². The zero-order valence-electron chi connectivity index (χ0n) is 10.4. The number of hydrogen-bond acceptors (Lipinski definition) is 2. The van der Waals surface area contributed by atoms with E-state index in [-0.39, 0.29) is 11.8 Å². The predicted molar refractivity (Wildman–Crippen MR) is 63.8 cm³/mol. The molecule has 0 aromatic heterocycles. The summed E-state index contributed by atoms with van der Waals surface area (Å²) in [4.78, 5) is 21.9. The average molecular weight is 229 g/mol. The molecule has 0 rings (SSSR count). The molecule has 0 fully saturated rings. The van der Waals surface area contributed by atoms with Crippen LogP contribution in [-0.4, -0.2) is 25.5 Å². The summed E-state index contributed by atoms with van der Waals surface area (Å²) < 4.78 is 0. The van der Waals surface area contributed by atoms with Gasteiger partial charge in [-0.25, -0.2) is 4.79 Å². The molecular weight excluding hydrogens is 206 g/mol. The molecule has 0 heterocycles. The second kappa shape index (κ2) is 7.96. The van der Waals surface area contributed by atoms with E-state index in [1.165, 1.54) is 0 Å². The SMILES string of the molecule is CNC(=O)C(CCCCNC(N)=O)C(C)C. The van der Waals surface area contributed by atoms with Crippen LogP contribution in [0.4, 0.5) is 4.79 Å². The molecule has 0 saturated heterocycles. The van der Waals surface area contributed by atoms with Crippen LogP contribution in [0, 0.1) is 11.8 Å². The normalized spacial score (nSPS) is 12.2. The minimum absolute atomic E-state index is 0.0542. The second-order valence-electron chi connectivity index (χ2n) is 4.25. The molecule has 1 unspecified atom stereocenters. The molecule has 5 heteroatoms. The van der Waals surface area contributed by atoms with Gasteiger partial charge in [-0.15, -0.1) is 0 Å². The monoisotopic (exact) mass is 229 g/mol. The lowest BCUT2D eigenvalue weighted by Gasteiger charge is -2.18. The molecule has 16 heavy (non-hydrogen) atoms. The second-order valence-corrected chi connectivity index (χ2v) is 4.25. The van der Waals surface area contributed by atoms with Gasteiger partial charge < -0.3 is 16.4 Å². The Hall–Kier alpha value is -1.26. The van der Waals surface area contributed by atoms with Gasteiger partial charge in [-0.05, 0) is 18.8 Å². The number of rotatable bonds is 7. The highest BCUT2D eigenvalue weighted by Gasteiger charge is 2.20. The van der Waals surface area contributed by atoms with Crippen molar-refractivity contribution in [1.82, 2.24) is 10.6 Å². The Morgan fingerprint density at radius 1 is 1.25 bits per heavy atom. The molecule has 0 bridgehead atoms. The molecule has 5 nitrogen and oxygen atoms in total. The van der Waals surface area contributed by atoms with Gasteiger partial charge in [0, 0.05) is 19.5 Å². The third-order valence-electron chi connectivity index (χ3n) is 2.63. The van der Waals surface area contributed by atoms with E-state index in [4.69, 9.17) is 5.73 Å². The van der Waals surface area contributed by atoms with Gasteiger partial charge >= 0.3 is 6.03 Å². The van der Waals surface area contributed by atoms with Crippen molar-refractivity contribution in [2.45, 2.75) is 33.1 Å². The van der Waals surface area contributed by atoms with Crippen LogP contribution in [0.25, 0.3) is 0 Å². The molecule has 94 valence electrons. The van der Waals surface area contributed by atoms with E-state index in [9.17, 15) is 9.59 Å². The Morgan fingerprint density at radius 3 is 2.31 bits per heavy atom. The third-order valence-corrected chi connectivity index (χ3v) is 2.63. The molecule has 0 aliphatic rings. The first-order valence-electron chi connectivity index (χ1n) is 5.74. The number of urea groups is 1. The van der Waals surface area contributed by atoms with Crippen LogP contribution in [0.15, 0.2) is 0 Å². The maximum Gasteiger partial charge on any atom is 0.312 e. The third kappa shape index (κ3) is 6.27. The van der Waals surface area contributed by atoms with E-state index in [0.717, 1.165) is 19.3 Å². The minimum Gasteiger partial charge on any atom is -0.359 e. The van der Waals surface area contributed by atoms with E-state index in [1.54, 1.807) is 7.05 Å². The van der Waals surface area contributed by atoms with Crippen LogP contribution in [0.1, 0.15) is 33.1 Å². The largest absolute Gasteiger partial charge is 0.359 e. The molecule has 0 saturated carbocycles. The molecule has 4 N–H and O–H groups in total. The summed E-state index contributed by atoms with van der Waals surface area (Å²) in [6.45, 7) is 4.66. The van der Waals surface area contributed by atoms with E-state index in [1.807, 2.05) is 13.8 Å². The van der Waals surface area contributed by atoms with Crippen molar-refractivity contribution in [2.75, 3.05) is 13.6 Å². The topological polar surface area (TPSA) is 84.2 Å². The number of hydrogen-bond donors (Lipinski definition) is 3. The van der Waals surface area contributed by atoms with Gasteiger partial charge in [-0.1, -0.05) is 20.3 Å². The van der Waals surface area contributed by atoms with Crippen molar-refractivity contribution in [3.63, 3.8) is 0 Å². The van der Waals surface area contributed by atoms with Gasteiger partial charge in [-0.2, -0.15) is 0 Å². The van der Waals surface area contributed by atoms with Crippen molar-refractivity contribution < 1.29 is 9.59 Å². The maximum absolute atomic E-state index is 11.5. The van der Waals surface area contributed by atoms with Crippen molar-refractivity contribution in [2.24, 2.45) is 17.6 Å². The molecule has 0 spiro atoms. The minimum atomic E-state index is -0.494. The van der Waals surface area contributed by atoms with Crippen molar-refractivity contribution in [1.29, 1.82) is 0 Å². The number of carbonyl (C=O) groups excluding carboxylic acids is 2. The number of nitrogens with one attached hydrogen (secondary N) is 2. The first kappa shape index (κ1) is 14.7. The number of carbonyl (C=O) groups is 2. The lowest BCUT2D eigenvalue weighted by Crippen LogP contribution is -2.32. The van der Waals surface area contributed by atoms with Crippen LogP contribution in [0.5, 0.6) is 0 Å². The van der Waals surface area contributed by atoms with Gasteiger partial charge in [0.1, 0.15) is 0 Å². The quantitative estimate of drug-likeness (QED) is 0.565. The number of unbranched alkanes of at least 4 members (excludes halogenated alkanes) is 1. The standard InChI is InChI=1S/C11H23N3O2/c1-8(2)9(10(15)13-3)6-4-5-7-14-11(12)16/h8-9H,4-7H2,1-3H3,(H,13,15)(H3,12,14,16). The number of nitrogens with two attached hydrogens (primary N) is 1. The summed E-state index contributed by atoms with van der Waals surface area (Å²) >= 11 is 0. The summed E-state index contributed by atoms with van der Waals surface area (Å²) in [5, 5.41) is 5.21. The molecule has 0 aliphatic carbocycles. The molecule has 0 aromatic rings. The Kier molecular flexibility index (Phi) is 7.33. The average Bonchev–Trinajstić information content (AvgIpc) is 2.21. The van der Waals surface area contributed by atoms with Crippen LogP contribution in [0.2, 0.25) is 0 Å². The lowest BCUT2D eigenvalue weighted by atomic mass is 9.90. The van der Waals surface area contributed by atoms with Crippen molar-refractivity contribution in [3.05, 3.63) is 0 Å². The van der Waals surface area contributed by atoms with Crippen molar-refractivity contribution in [3.8, 4) is 0 Å². The highest BCUT2D eigenvalue weighted by atomic mass is 16.2. The number of amides is 3. The van der Waals surface area contributed by atoms with Crippen LogP contribution >= 0.6 is 0 Å². The van der Waals surface area contributed by atoms with E-state index >= 15 is 0 Å². The Balaban J connectivity index is 3.77. The predicted octanol–water partition coefficient (Wildman–Crippen LogP) is 0.843. The van der Waals surface area contributed by atoms with Crippen LogP contribution in [-0.2, 0) is 4.79 Å². The fraction of sp³-hybridized carbons (Fsp3) is 0.818. The van der Waals surface area contributed by atoms with E-state index < -0.39 is 6.03 Å². The summed E-state index contributed by atoms with van der Waals surface area (Å²) in [6.07, 6.45) is 2.61. The van der Waals surface area contributed by atoms with E-state index in [2.05, 4.69) is 10.6 Å². The summed E-state index contributed by atoms with van der Waals surface area (Å²) in [7, 11) is 1.66. The fourth-order valence-electron chi connectivity index (χ4n) is 1.65. The maximum atomic E-state index is 11.5. The summed E-state index contributed by atoms with van der Waals surface area (Å²) in [6, 6.07) is -0.494. The van der Waals surface area contributed by atoms with Gasteiger partial charge in [0.05, 0.1) is 0 Å². The lowest BCUT2D eigenvalue weighted by molar-refractivity contribution is -0.126. The Bertz CT molecular complexity index is 229. The van der Waals surface area contributed by atoms with Gasteiger partial charge in [0.15, 0.2) is 0 Å². The fourth-order valence-corrected chi connectivity index (χ4v) is 1.65. The summed E-state index contributed by atoms with van der Waals surface area (Å²) in [5.41, 5.74) is 4.94. The highest BCUT2D eigenvalue weighted by Crippen LogP contribution is 2.18. The van der Waals surface area contributed by atoms with E-state index in [0.29, 0.717) is 12.5 Å².